The maximum absolute atomic E-state index is 11.6. The van der Waals surface area contributed by atoms with E-state index in [2.05, 4.69) is 15.8 Å². The number of carbonyl (C=O) groups excluding carboxylic acids is 1. The number of nitrogens with zero attached hydrogens (tertiary/aromatic N) is 1. The van der Waals surface area contributed by atoms with Crippen molar-refractivity contribution in [3.8, 4) is 11.5 Å². The van der Waals surface area contributed by atoms with Crippen molar-refractivity contribution < 1.29 is 14.6 Å². The van der Waals surface area contributed by atoms with Gasteiger partial charge in [0.2, 0.25) is 0 Å². The quantitative estimate of drug-likeness (QED) is 0.562. The van der Waals surface area contributed by atoms with Crippen LogP contribution in [0.2, 0.25) is 0 Å². The molecule has 0 unspecified atom stereocenters. The first-order valence-corrected chi connectivity index (χ1v) is 6.67. The SMILES string of the molecule is COc1ccc(NCC(=O)N/N=C\c2ccccc2O)cc1. The summed E-state index contributed by atoms with van der Waals surface area (Å²) >= 11 is 0. The van der Waals surface area contributed by atoms with Gasteiger partial charge in [0.25, 0.3) is 5.91 Å². The average Bonchev–Trinajstić information content (AvgIpc) is 2.55. The molecule has 22 heavy (non-hydrogen) atoms. The van der Waals surface area contributed by atoms with Gasteiger partial charge in [-0.2, -0.15) is 5.10 Å². The van der Waals surface area contributed by atoms with E-state index in [1.807, 2.05) is 12.1 Å². The Balaban J connectivity index is 1.79. The molecule has 0 bridgehead atoms. The van der Waals surface area contributed by atoms with Crippen LogP contribution in [0.15, 0.2) is 53.6 Å². The third kappa shape index (κ3) is 4.52. The lowest BCUT2D eigenvalue weighted by Gasteiger charge is -2.06. The van der Waals surface area contributed by atoms with Gasteiger partial charge in [-0.3, -0.25) is 4.79 Å². The van der Waals surface area contributed by atoms with Crippen LogP contribution in [0.4, 0.5) is 5.69 Å². The predicted octanol–water partition coefficient (Wildman–Crippen LogP) is 1.96. The van der Waals surface area contributed by atoms with Crippen LogP contribution >= 0.6 is 0 Å². The third-order valence-electron chi connectivity index (χ3n) is 2.87. The molecular formula is C16H17N3O3. The molecule has 6 heteroatoms. The van der Waals surface area contributed by atoms with Crippen LogP contribution in [0.5, 0.6) is 11.5 Å². The maximum Gasteiger partial charge on any atom is 0.259 e. The molecule has 0 radical (unpaired) electrons. The number of carbonyl (C=O) groups is 1. The molecule has 0 heterocycles. The molecule has 0 aliphatic carbocycles. The summed E-state index contributed by atoms with van der Waals surface area (Å²) < 4.78 is 5.05. The number of nitrogens with one attached hydrogen (secondary N) is 2. The van der Waals surface area contributed by atoms with E-state index in [0.717, 1.165) is 11.4 Å². The Kier molecular flexibility index (Phi) is 5.37. The Hall–Kier alpha value is -3.02. The van der Waals surface area contributed by atoms with Crippen LogP contribution < -0.4 is 15.5 Å². The molecule has 0 aliphatic heterocycles. The van der Waals surface area contributed by atoms with E-state index in [0.29, 0.717) is 5.56 Å². The van der Waals surface area contributed by atoms with E-state index < -0.39 is 0 Å². The molecule has 1 amide bonds. The van der Waals surface area contributed by atoms with E-state index in [1.54, 1.807) is 43.5 Å². The van der Waals surface area contributed by atoms with Crippen LogP contribution in [0.1, 0.15) is 5.56 Å². The Morgan fingerprint density at radius 2 is 1.95 bits per heavy atom. The first kappa shape index (κ1) is 15.4. The number of hydrogen-bond donors (Lipinski definition) is 3. The zero-order valence-corrected chi connectivity index (χ0v) is 12.1. The van der Waals surface area contributed by atoms with Crippen molar-refractivity contribution in [2.45, 2.75) is 0 Å². The van der Waals surface area contributed by atoms with Crippen molar-refractivity contribution in [1.82, 2.24) is 5.43 Å². The van der Waals surface area contributed by atoms with Crippen molar-refractivity contribution in [2.24, 2.45) is 5.10 Å². The lowest BCUT2D eigenvalue weighted by molar-refractivity contribution is -0.119. The van der Waals surface area contributed by atoms with Gasteiger partial charge in [-0.25, -0.2) is 5.43 Å². The maximum atomic E-state index is 11.6. The molecule has 114 valence electrons. The predicted molar refractivity (Wildman–Crippen MR) is 85.3 cm³/mol. The summed E-state index contributed by atoms with van der Waals surface area (Å²) in [6.45, 7) is 0.0877. The molecule has 6 nitrogen and oxygen atoms in total. The summed E-state index contributed by atoms with van der Waals surface area (Å²) in [7, 11) is 1.60. The average molecular weight is 299 g/mol. The first-order chi connectivity index (χ1) is 10.7. The minimum absolute atomic E-state index is 0.0877. The van der Waals surface area contributed by atoms with Gasteiger partial charge in [0.15, 0.2) is 0 Å². The van der Waals surface area contributed by atoms with Gasteiger partial charge in [-0.15, -0.1) is 0 Å². The highest BCUT2D eigenvalue weighted by Gasteiger charge is 2.00. The molecule has 0 saturated heterocycles. The van der Waals surface area contributed by atoms with Gasteiger partial charge >= 0.3 is 0 Å². The number of benzene rings is 2. The minimum atomic E-state index is -0.289. The fourth-order valence-electron chi connectivity index (χ4n) is 1.70. The zero-order valence-electron chi connectivity index (χ0n) is 12.1. The van der Waals surface area contributed by atoms with Crippen molar-refractivity contribution in [3.63, 3.8) is 0 Å². The molecule has 0 atom stereocenters. The largest absolute Gasteiger partial charge is 0.507 e. The second-order valence-corrected chi connectivity index (χ2v) is 4.43. The second-order valence-electron chi connectivity index (χ2n) is 4.43. The minimum Gasteiger partial charge on any atom is -0.507 e. The highest BCUT2D eigenvalue weighted by molar-refractivity contribution is 5.86. The summed E-state index contributed by atoms with van der Waals surface area (Å²) in [6, 6.07) is 14.0. The van der Waals surface area contributed by atoms with E-state index >= 15 is 0 Å². The van der Waals surface area contributed by atoms with Crippen molar-refractivity contribution in [3.05, 3.63) is 54.1 Å². The molecule has 0 saturated carbocycles. The number of para-hydroxylation sites is 1. The fourth-order valence-corrected chi connectivity index (χ4v) is 1.70. The summed E-state index contributed by atoms with van der Waals surface area (Å²) in [5.74, 6) is 0.571. The number of rotatable bonds is 6. The normalized spacial score (nSPS) is 10.4. The summed E-state index contributed by atoms with van der Waals surface area (Å²) in [6.07, 6.45) is 1.39. The van der Waals surface area contributed by atoms with E-state index in [-0.39, 0.29) is 18.2 Å². The van der Waals surface area contributed by atoms with Crippen LogP contribution in [-0.4, -0.2) is 30.9 Å². The van der Waals surface area contributed by atoms with Crippen molar-refractivity contribution in [2.75, 3.05) is 19.0 Å². The van der Waals surface area contributed by atoms with Gasteiger partial charge in [-0.1, -0.05) is 12.1 Å². The topological polar surface area (TPSA) is 83.0 Å². The number of hydrogen-bond acceptors (Lipinski definition) is 5. The molecule has 2 rings (SSSR count). The third-order valence-corrected chi connectivity index (χ3v) is 2.87. The number of methoxy groups -OCH3 is 1. The Labute approximate surface area is 128 Å². The number of ether oxygens (including phenoxy) is 1. The monoisotopic (exact) mass is 299 g/mol. The Bertz CT molecular complexity index is 654. The summed E-state index contributed by atoms with van der Waals surface area (Å²) in [5, 5.41) is 16.3. The number of amides is 1. The van der Waals surface area contributed by atoms with Crippen LogP contribution in [-0.2, 0) is 4.79 Å². The molecule has 2 aromatic rings. The highest BCUT2D eigenvalue weighted by atomic mass is 16.5. The van der Waals surface area contributed by atoms with Crippen LogP contribution in [0, 0.1) is 0 Å². The van der Waals surface area contributed by atoms with E-state index in [4.69, 9.17) is 4.74 Å². The molecule has 0 aliphatic rings. The second kappa shape index (κ2) is 7.68. The highest BCUT2D eigenvalue weighted by Crippen LogP contribution is 2.14. The molecule has 2 aromatic carbocycles. The number of anilines is 1. The van der Waals surface area contributed by atoms with Crippen LogP contribution in [0.3, 0.4) is 0 Å². The van der Waals surface area contributed by atoms with E-state index in [1.165, 1.54) is 6.21 Å². The summed E-state index contributed by atoms with van der Waals surface area (Å²) in [5.41, 5.74) is 3.72. The lowest BCUT2D eigenvalue weighted by atomic mass is 10.2. The van der Waals surface area contributed by atoms with E-state index in [9.17, 15) is 9.90 Å². The Morgan fingerprint density at radius 1 is 1.23 bits per heavy atom. The molecular weight excluding hydrogens is 282 g/mol. The standard InChI is InChI=1S/C16H17N3O3/c1-22-14-8-6-13(7-9-14)17-11-16(21)19-18-10-12-4-2-3-5-15(12)20/h2-10,17,20H,11H2,1H3,(H,19,21)/b18-10-. The van der Waals surface area contributed by atoms with Crippen LogP contribution in [0.25, 0.3) is 0 Å². The van der Waals surface area contributed by atoms with Gasteiger partial charge in [-0.05, 0) is 36.4 Å². The molecule has 0 fully saturated rings. The van der Waals surface area contributed by atoms with Gasteiger partial charge in [0, 0.05) is 11.3 Å². The van der Waals surface area contributed by atoms with Gasteiger partial charge in [0.05, 0.1) is 19.9 Å². The van der Waals surface area contributed by atoms with Crippen molar-refractivity contribution in [1.29, 1.82) is 0 Å². The lowest BCUT2D eigenvalue weighted by Crippen LogP contribution is -2.25. The fraction of sp³-hybridized carbons (Fsp3) is 0.125. The number of aromatic hydroxyl groups is 1. The summed E-state index contributed by atoms with van der Waals surface area (Å²) in [4.78, 5) is 11.6. The van der Waals surface area contributed by atoms with Gasteiger partial charge in [0.1, 0.15) is 11.5 Å². The zero-order chi connectivity index (χ0) is 15.8. The molecule has 0 aromatic heterocycles. The Morgan fingerprint density at radius 3 is 2.64 bits per heavy atom. The number of phenols is 1. The van der Waals surface area contributed by atoms with Gasteiger partial charge < -0.3 is 15.2 Å². The smallest absolute Gasteiger partial charge is 0.259 e. The number of hydrazone groups is 1. The van der Waals surface area contributed by atoms with Crippen molar-refractivity contribution >= 4 is 17.8 Å². The molecule has 0 spiro atoms. The first-order valence-electron chi connectivity index (χ1n) is 6.67. The molecule has 3 N–H and O–H groups in total. The number of phenolic OH excluding ortho intramolecular Hbond substituents is 1.